The van der Waals surface area contributed by atoms with Crippen LogP contribution in [0.25, 0.3) is 0 Å². The molecule has 1 fully saturated rings. The van der Waals surface area contributed by atoms with Gasteiger partial charge in [-0.25, -0.2) is 0 Å². The van der Waals surface area contributed by atoms with Crippen molar-refractivity contribution in [1.29, 1.82) is 0 Å². The molecule has 0 spiro atoms. The Morgan fingerprint density at radius 1 is 1.00 bits per heavy atom. The lowest BCUT2D eigenvalue weighted by Crippen LogP contribution is -2.47. The van der Waals surface area contributed by atoms with Crippen LogP contribution in [0.3, 0.4) is 0 Å². The van der Waals surface area contributed by atoms with E-state index in [9.17, 15) is 4.79 Å². The number of pyridine rings is 1. The van der Waals surface area contributed by atoms with Crippen molar-refractivity contribution in [3.63, 3.8) is 0 Å². The number of nitrogens with one attached hydrogen (secondary N) is 2. The maximum absolute atomic E-state index is 12.4. The summed E-state index contributed by atoms with van der Waals surface area (Å²) in [5.41, 5.74) is 2.81. The first kappa shape index (κ1) is 22.2. The third kappa shape index (κ3) is 5.48. The van der Waals surface area contributed by atoms with Crippen LogP contribution < -0.4 is 25.0 Å². The molecule has 1 unspecified atom stereocenters. The number of anilines is 1. The molecule has 3 heterocycles. The standard InChI is InChI=1S/C27H30N4O3/c32-27(30-17-20-4-3-13-28-16-20)21-7-9-23(10-8-21)31-14-11-22(12-15-31)29-18-24-19-33-25-5-1-2-6-26(25)34-24/h1-10,13,16,22,24,29H,11-12,14-15,17-19H2,(H,30,32). The summed E-state index contributed by atoms with van der Waals surface area (Å²) in [6.45, 7) is 3.79. The van der Waals surface area contributed by atoms with Crippen molar-refractivity contribution in [3.05, 3.63) is 84.2 Å². The first-order valence-corrected chi connectivity index (χ1v) is 11.9. The van der Waals surface area contributed by atoms with Crippen LogP contribution in [-0.2, 0) is 6.54 Å². The molecule has 7 heteroatoms. The number of para-hydroxylation sites is 2. The summed E-state index contributed by atoms with van der Waals surface area (Å²) < 4.78 is 11.9. The first-order chi connectivity index (χ1) is 16.7. The number of rotatable bonds is 7. The van der Waals surface area contributed by atoms with Crippen LogP contribution in [-0.4, -0.2) is 49.3 Å². The zero-order valence-electron chi connectivity index (χ0n) is 19.2. The Labute approximate surface area is 200 Å². The highest BCUT2D eigenvalue weighted by Gasteiger charge is 2.24. The van der Waals surface area contributed by atoms with Gasteiger partial charge >= 0.3 is 0 Å². The monoisotopic (exact) mass is 458 g/mol. The molecule has 176 valence electrons. The summed E-state index contributed by atoms with van der Waals surface area (Å²) in [6, 6.07) is 20.0. The Hall–Kier alpha value is -3.58. The number of hydrogen-bond donors (Lipinski definition) is 2. The molecule has 2 aromatic carbocycles. The molecule has 1 atom stereocenters. The van der Waals surface area contributed by atoms with Crippen LogP contribution in [0.4, 0.5) is 5.69 Å². The first-order valence-electron chi connectivity index (χ1n) is 11.9. The highest BCUT2D eigenvalue weighted by Crippen LogP contribution is 2.30. The molecule has 0 radical (unpaired) electrons. The number of amides is 1. The summed E-state index contributed by atoms with van der Waals surface area (Å²) in [5, 5.41) is 6.60. The second-order valence-corrected chi connectivity index (χ2v) is 8.76. The molecule has 2 aliphatic rings. The predicted octanol–water partition coefficient (Wildman–Crippen LogP) is 3.41. The van der Waals surface area contributed by atoms with Crippen LogP contribution in [0.15, 0.2) is 73.1 Å². The number of piperidine rings is 1. The lowest BCUT2D eigenvalue weighted by Gasteiger charge is -2.35. The van der Waals surface area contributed by atoms with E-state index < -0.39 is 0 Å². The van der Waals surface area contributed by atoms with Crippen LogP contribution in [0, 0.1) is 0 Å². The van der Waals surface area contributed by atoms with Gasteiger partial charge in [0.05, 0.1) is 0 Å². The Balaban J connectivity index is 1.05. The normalized spacial score (nSPS) is 17.9. The van der Waals surface area contributed by atoms with E-state index in [0.717, 1.165) is 55.2 Å². The van der Waals surface area contributed by atoms with Crippen molar-refractivity contribution >= 4 is 11.6 Å². The Kier molecular flexibility index (Phi) is 6.91. The van der Waals surface area contributed by atoms with Crippen LogP contribution in [0.2, 0.25) is 0 Å². The second-order valence-electron chi connectivity index (χ2n) is 8.76. The van der Waals surface area contributed by atoms with Crippen molar-refractivity contribution in [2.75, 3.05) is 31.1 Å². The highest BCUT2D eigenvalue weighted by molar-refractivity contribution is 5.94. The number of carbonyl (C=O) groups is 1. The summed E-state index contributed by atoms with van der Waals surface area (Å²) >= 11 is 0. The number of fused-ring (bicyclic) bond motifs is 1. The van der Waals surface area contributed by atoms with Crippen molar-refractivity contribution in [3.8, 4) is 11.5 Å². The molecule has 0 saturated carbocycles. The van der Waals surface area contributed by atoms with Gasteiger partial charge in [0.15, 0.2) is 11.5 Å². The van der Waals surface area contributed by atoms with Crippen LogP contribution in [0.1, 0.15) is 28.8 Å². The van der Waals surface area contributed by atoms with Gasteiger partial charge in [-0.05, 0) is 60.9 Å². The van der Waals surface area contributed by atoms with Crippen molar-refractivity contribution in [1.82, 2.24) is 15.6 Å². The molecular weight excluding hydrogens is 428 g/mol. The molecule has 3 aromatic rings. The molecule has 34 heavy (non-hydrogen) atoms. The molecule has 1 amide bonds. The number of nitrogens with zero attached hydrogens (tertiary/aromatic N) is 2. The van der Waals surface area contributed by atoms with Crippen molar-refractivity contribution in [2.24, 2.45) is 0 Å². The van der Waals surface area contributed by atoms with Crippen LogP contribution >= 0.6 is 0 Å². The third-order valence-electron chi connectivity index (χ3n) is 6.37. The summed E-state index contributed by atoms with van der Waals surface area (Å²) in [6.07, 6.45) is 5.65. The Morgan fingerprint density at radius 2 is 1.79 bits per heavy atom. The van der Waals surface area contributed by atoms with E-state index in [2.05, 4.69) is 20.5 Å². The number of benzene rings is 2. The zero-order chi connectivity index (χ0) is 23.2. The maximum Gasteiger partial charge on any atom is 0.251 e. The Bertz CT molecular complexity index is 1080. The molecule has 5 rings (SSSR count). The minimum Gasteiger partial charge on any atom is -0.486 e. The summed E-state index contributed by atoms with van der Waals surface area (Å²) in [7, 11) is 0. The van der Waals surface area contributed by atoms with Gasteiger partial charge in [0.2, 0.25) is 0 Å². The smallest absolute Gasteiger partial charge is 0.251 e. The van der Waals surface area contributed by atoms with E-state index in [1.807, 2.05) is 60.7 Å². The predicted molar refractivity (Wildman–Crippen MR) is 131 cm³/mol. The quantitative estimate of drug-likeness (QED) is 0.565. The molecule has 0 bridgehead atoms. The second kappa shape index (κ2) is 10.6. The molecule has 2 aliphatic heterocycles. The minimum atomic E-state index is -0.0742. The number of ether oxygens (including phenoxy) is 2. The lowest BCUT2D eigenvalue weighted by molar-refractivity contribution is 0.0873. The van der Waals surface area contributed by atoms with E-state index in [4.69, 9.17) is 9.47 Å². The molecule has 1 aromatic heterocycles. The average Bonchev–Trinajstić information content (AvgIpc) is 2.91. The van der Waals surface area contributed by atoms with Gasteiger partial charge < -0.3 is 25.0 Å². The largest absolute Gasteiger partial charge is 0.486 e. The van der Waals surface area contributed by atoms with Gasteiger partial charge in [-0.2, -0.15) is 0 Å². The lowest BCUT2D eigenvalue weighted by atomic mass is 10.0. The van der Waals surface area contributed by atoms with Gasteiger partial charge in [-0.15, -0.1) is 0 Å². The van der Waals surface area contributed by atoms with E-state index in [1.54, 1.807) is 12.4 Å². The Morgan fingerprint density at radius 3 is 2.56 bits per heavy atom. The number of aromatic nitrogens is 1. The van der Waals surface area contributed by atoms with E-state index in [-0.39, 0.29) is 12.0 Å². The van der Waals surface area contributed by atoms with Gasteiger partial charge in [0, 0.05) is 55.9 Å². The van der Waals surface area contributed by atoms with Crippen molar-refractivity contribution < 1.29 is 14.3 Å². The van der Waals surface area contributed by atoms with Gasteiger partial charge in [0.1, 0.15) is 12.7 Å². The zero-order valence-corrected chi connectivity index (χ0v) is 19.2. The van der Waals surface area contributed by atoms with E-state index in [0.29, 0.717) is 24.8 Å². The fraction of sp³-hybridized carbons (Fsp3) is 0.333. The third-order valence-corrected chi connectivity index (χ3v) is 6.37. The number of carbonyl (C=O) groups excluding carboxylic acids is 1. The van der Waals surface area contributed by atoms with Gasteiger partial charge in [-0.1, -0.05) is 18.2 Å². The SMILES string of the molecule is O=C(NCc1cccnc1)c1ccc(N2CCC(NCC3COc4ccccc4O3)CC2)cc1. The average molecular weight is 459 g/mol. The maximum atomic E-state index is 12.4. The minimum absolute atomic E-state index is 0.0322. The summed E-state index contributed by atoms with van der Waals surface area (Å²) in [5.74, 6) is 1.57. The molecule has 1 saturated heterocycles. The van der Waals surface area contributed by atoms with E-state index in [1.165, 1.54) is 0 Å². The van der Waals surface area contributed by atoms with E-state index >= 15 is 0 Å². The molecular formula is C27H30N4O3. The molecule has 7 nitrogen and oxygen atoms in total. The fourth-order valence-corrected chi connectivity index (χ4v) is 4.41. The van der Waals surface area contributed by atoms with Gasteiger partial charge in [-0.3, -0.25) is 9.78 Å². The van der Waals surface area contributed by atoms with Gasteiger partial charge in [0.25, 0.3) is 5.91 Å². The number of hydrogen-bond acceptors (Lipinski definition) is 6. The fourth-order valence-electron chi connectivity index (χ4n) is 4.41. The van der Waals surface area contributed by atoms with Crippen molar-refractivity contribution in [2.45, 2.75) is 31.5 Å². The van der Waals surface area contributed by atoms with Crippen LogP contribution in [0.5, 0.6) is 11.5 Å². The highest BCUT2D eigenvalue weighted by atomic mass is 16.6. The topological polar surface area (TPSA) is 75.7 Å². The molecule has 2 N–H and O–H groups in total. The molecule has 0 aliphatic carbocycles. The summed E-state index contributed by atoms with van der Waals surface area (Å²) in [4.78, 5) is 18.9.